The minimum Gasteiger partial charge on any atom is -0.468 e. The molecule has 0 aromatic carbocycles. The van der Waals surface area contributed by atoms with Gasteiger partial charge in [0.2, 0.25) is 0 Å². The number of halogens is 10. The third-order valence-corrected chi connectivity index (χ3v) is 3.50. The minimum absolute atomic E-state index is 0.00220. The summed E-state index contributed by atoms with van der Waals surface area (Å²) >= 11 is 0. The lowest BCUT2D eigenvalue weighted by Crippen LogP contribution is -2.85. The Kier molecular flexibility index (Phi) is 4.12. The smallest absolute Gasteiger partial charge is 0.384 e. The number of carbonyl (C=O) groups is 2. The Labute approximate surface area is 125 Å². The SMILES string of the molecule is COC(=O)C1(C(=O)OC)C(F)(F)C(F)(F)C(F)(F)C(F)(F)C1(F)F. The lowest BCUT2D eigenvalue weighted by molar-refractivity contribution is -0.473. The Morgan fingerprint density at radius 2 is 0.750 bits per heavy atom. The summed E-state index contributed by atoms with van der Waals surface area (Å²) in [4.78, 5) is 22.6. The highest BCUT2D eigenvalue weighted by molar-refractivity contribution is 6.03. The summed E-state index contributed by atoms with van der Waals surface area (Å²) in [6, 6.07) is 0. The fourth-order valence-corrected chi connectivity index (χ4v) is 2.16. The Hall–Kier alpha value is -1.76. The molecule has 0 aromatic rings. The number of methoxy groups -OCH3 is 2. The third-order valence-electron chi connectivity index (χ3n) is 3.50. The molecular weight excluding hydrogens is 374 g/mol. The van der Waals surface area contributed by atoms with Crippen molar-refractivity contribution in [3.05, 3.63) is 0 Å². The first-order chi connectivity index (χ1) is 10.5. The molecule has 140 valence electrons. The average molecular weight is 380 g/mol. The van der Waals surface area contributed by atoms with Gasteiger partial charge in [-0.25, -0.2) is 0 Å². The molecule has 1 aliphatic rings. The molecule has 0 saturated heterocycles. The highest BCUT2D eigenvalue weighted by Gasteiger charge is 3.04. The molecule has 0 heterocycles. The second kappa shape index (κ2) is 4.88. The largest absolute Gasteiger partial charge is 0.468 e. The number of rotatable bonds is 2. The van der Waals surface area contributed by atoms with Gasteiger partial charge < -0.3 is 9.47 Å². The van der Waals surface area contributed by atoms with E-state index in [0.29, 0.717) is 0 Å². The van der Waals surface area contributed by atoms with Crippen LogP contribution in [0.15, 0.2) is 0 Å². The van der Waals surface area contributed by atoms with Crippen molar-refractivity contribution >= 4 is 11.9 Å². The van der Waals surface area contributed by atoms with E-state index in [1.807, 2.05) is 0 Å². The van der Waals surface area contributed by atoms with Crippen LogP contribution in [-0.4, -0.2) is 55.8 Å². The molecule has 14 heteroatoms. The van der Waals surface area contributed by atoms with Crippen molar-refractivity contribution in [2.24, 2.45) is 5.41 Å². The number of alkyl halides is 10. The van der Waals surface area contributed by atoms with E-state index in [4.69, 9.17) is 0 Å². The molecule has 1 rings (SSSR count). The Balaban J connectivity index is 4.13. The fraction of sp³-hybridized carbons (Fsp3) is 0.800. The van der Waals surface area contributed by atoms with Gasteiger partial charge in [-0.05, 0) is 0 Å². The Morgan fingerprint density at radius 3 is 0.958 bits per heavy atom. The van der Waals surface area contributed by atoms with E-state index in [1.54, 1.807) is 0 Å². The van der Waals surface area contributed by atoms with Crippen LogP contribution in [-0.2, 0) is 19.1 Å². The molecule has 0 atom stereocenters. The van der Waals surface area contributed by atoms with Gasteiger partial charge in [0.1, 0.15) is 0 Å². The molecule has 24 heavy (non-hydrogen) atoms. The van der Waals surface area contributed by atoms with E-state index in [2.05, 4.69) is 9.47 Å². The van der Waals surface area contributed by atoms with Crippen LogP contribution >= 0.6 is 0 Å². The molecule has 0 bridgehead atoms. The van der Waals surface area contributed by atoms with Crippen LogP contribution in [0.3, 0.4) is 0 Å². The van der Waals surface area contributed by atoms with Crippen LogP contribution in [0, 0.1) is 5.41 Å². The lowest BCUT2D eigenvalue weighted by Gasteiger charge is -2.52. The molecule has 1 saturated carbocycles. The van der Waals surface area contributed by atoms with Gasteiger partial charge in [-0.2, -0.15) is 43.9 Å². The number of esters is 2. The van der Waals surface area contributed by atoms with Crippen molar-refractivity contribution in [3.8, 4) is 0 Å². The van der Waals surface area contributed by atoms with Gasteiger partial charge in [-0.1, -0.05) is 0 Å². The molecule has 0 aliphatic heterocycles. The number of hydrogen-bond donors (Lipinski definition) is 0. The molecule has 0 unspecified atom stereocenters. The van der Waals surface area contributed by atoms with Crippen LogP contribution in [0.2, 0.25) is 0 Å². The van der Waals surface area contributed by atoms with Gasteiger partial charge in [0.25, 0.3) is 0 Å². The summed E-state index contributed by atoms with van der Waals surface area (Å²) in [7, 11) is 0.00440. The second-order valence-corrected chi connectivity index (χ2v) is 4.61. The van der Waals surface area contributed by atoms with E-state index in [-0.39, 0.29) is 14.2 Å². The normalized spacial score (nSPS) is 27.8. The Morgan fingerprint density at radius 1 is 0.542 bits per heavy atom. The topological polar surface area (TPSA) is 52.6 Å². The van der Waals surface area contributed by atoms with Crippen LogP contribution in [0.1, 0.15) is 0 Å². The van der Waals surface area contributed by atoms with Crippen molar-refractivity contribution < 1.29 is 63.0 Å². The first kappa shape index (κ1) is 20.3. The molecule has 0 aromatic heterocycles. The van der Waals surface area contributed by atoms with Crippen LogP contribution in [0.5, 0.6) is 0 Å². The summed E-state index contributed by atoms with van der Waals surface area (Å²) in [5, 5.41) is 0. The number of carbonyl (C=O) groups excluding carboxylic acids is 2. The first-order valence-corrected chi connectivity index (χ1v) is 5.52. The van der Waals surface area contributed by atoms with Gasteiger partial charge in [-0.3, -0.25) is 9.59 Å². The summed E-state index contributed by atoms with van der Waals surface area (Å²) in [6.07, 6.45) is 0. The summed E-state index contributed by atoms with van der Waals surface area (Å²) in [5.41, 5.74) is -6.06. The monoisotopic (exact) mass is 380 g/mol. The maximum atomic E-state index is 13.9. The summed E-state index contributed by atoms with van der Waals surface area (Å²) in [6.45, 7) is 0. The highest BCUT2D eigenvalue weighted by Crippen LogP contribution is 2.71. The standard InChI is InChI=1S/C10H6F10O4/c1-23-3(21)5(4(22)24-2)6(11,12)8(15,16)10(19,20)9(17,18)7(5,13)14/h1-2H3. The highest BCUT2D eigenvalue weighted by atomic mass is 19.4. The van der Waals surface area contributed by atoms with E-state index in [0.717, 1.165) is 0 Å². The van der Waals surface area contributed by atoms with Gasteiger partial charge in [0.05, 0.1) is 14.2 Å². The molecule has 0 spiro atoms. The molecular formula is C10H6F10O4. The predicted molar refractivity (Wildman–Crippen MR) is 51.2 cm³/mol. The minimum atomic E-state index is -7.32. The van der Waals surface area contributed by atoms with Crippen molar-refractivity contribution in [3.63, 3.8) is 0 Å². The lowest BCUT2D eigenvalue weighted by atomic mass is 9.63. The fourth-order valence-electron chi connectivity index (χ4n) is 2.16. The number of hydrogen-bond acceptors (Lipinski definition) is 4. The molecule has 0 amide bonds. The predicted octanol–water partition coefficient (Wildman–Crippen LogP) is 2.51. The summed E-state index contributed by atoms with van der Waals surface area (Å²) < 4.78 is 142. The molecule has 4 nitrogen and oxygen atoms in total. The van der Waals surface area contributed by atoms with Crippen LogP contribution in [0.25, 0.3) is 0 Å². The zero-order valence-corrected chi connectivity index (χ0v) is 11.4. The molecule has 0 N–H and O–H groups in total. The van der Waals surface area contributed by atoms with Gasteiger partial charge in [-0.15, -0.1) is 0 Å². The van der Waals surface area contributed by atoms with E-state index < -0.39 is 47.0 Å². The average Bonchev–Trinajstić information content (AvgIpc) is 2.44. The van der Waals surface area contributed by atoms with Crippen molar-refractivity contribution in [2.75, 3.05) is 14.2 Å². The van der Waals surface area contributed by atoms with E-state index in [1.165, 1.54) is 0 Å². The zero-order chi connectivity index (χ0) is 19.6. The molecule has 1 aliphatic carbocycles. The summed E-state index contributed by atoms with van der Waals surface area (Å²) in [5.74, 6) is -42.4. The van der Waals surface area contributed by atoms with Gasteiger partial charge >= 0.3 is 47.0 Å². The third kappa shape index (κ3) is 1.61. The van der Waals surface area contributed by atoms with Crippen molar-refractivity contribution in [2.45, 2.75) is 29.6 Å². The molecule has 0 radical (unpaired) electrons. The second-order valence-electron chi connectivity index (χ2n) is 4.61. The molecule has 1 fully saturated rings. The van der Waals surface area contributed by atoms with E-state index in [9.17, 15) is 53.5 Å². The zero-order valence-electron chi connectivity index (χ0n) is 11.4. The van der Waals surface area contributed by atoms with Gasteiger partial charge in [0, 0.05) is 0 Å². The van der Waals surface area contributed by atoms with Crippen molar-refractivity contribution in [1.29, 1.82) is 0 Å². The van der Waals surface area contributed by atoms with E-state index >= 15 is 0 Å². The van der Waals surface area contributed by atoms with Crippen LogP contribution in [0.4, 0.5) is 43.9 Å². The van der Waals surface area contributed by atoms with Gasteiger partial charge in [0.15, 0.2) is 0 Å². The Bertz CT molecular complexity index is 522. The first-order valence-electron chi connectivity index (χ1n) is 5.52. The maximum Gasteiger partial charge on any atom is 0.384 e. The van der Waals surface area contributed by atoms with Crippen LogP contribution < -0.4 is 0 Å². The maximum absolute atomic E-state index is 13.9. The number of ether oxygens (including phenoxy) is 2. The quantitative estimate of drug-likeness (QED) is 0.420. The van der Waals surface area contributed by atoms with Crippen molar-refractivity contribution in [1.82, 2.24) is 0 Å².